The molecule has 0 saturated carbocycles. The maximum atomic E-state index is 2.51. The van der Waals surface area contributed by atoms with Crippen molar-refractivity contribution in [1.82, 2.24) is 9.13 Å². The lowest BCUT2D eigenvalue weighted by atomic mass is 9.67. The number of fused-ring (bicyclic) bond motifs is 19. The van der Waals surface area contributed by atoms with Crippen molar-refractivity contribution in [2.45, 2.75) is 24.7 Å². The number of benzene rings is 20. The van der Waals surface area contributed by atoms with Gasteiger partial charge < -0.3 is 18.9 Å². The second kappa shape index (κ2) is 30.8. The lowest BCUT2D eigenvalue weighted by Crippen LogP contribution is -2.28. The lowest BCUT2D eigenvalue weighted by molar-refractivity contribution is 0.768. The van der Waals surface area contributed by atoms with Crippen LogP contribution in [0.1, 0.15) is 55.6 Å². The molecule has 3 aliphatic carbocycles. The molecule has 0 amide bonds. The highest BCUT2D eigenvalue weighted by molar-refractivity contribution is 6.12. The second-order valence-corrected chi connectivity index (χ2v) is 34.3. The standard InChI is InChI=1S/C62H42N2.C62H44N2/c1-41-24-30-48(31-25-41)64-60-23-13-10-20-54(60)55-38-44(29-37-61(55)64)45-28-35-52-53-36-34-49(63(46-16-6-3-7-17-46)47-32-26-43(27-33-47)42-14-4-2-5-15-42)40-59(53)62(58(52)39-45)56-21-11-8-18-50(56)51-19-9-12-22-57(51)62;1-43-26-32-52(33-27-43)64-60-25-15-14-24-56(60)57-40-46(31-39-61(57)64)47-30-37-54-55-38-36-53(42-59(55)62(58(54)41-47,48-18-8-3-9-19-48)49-20-10-4-11-21-49)63(50-22-12-5-13-23-50)51-34-28-45(29-35-51)44-16-6-2-7-17-44/h2-40H,1H3;2-42H,1H3. The van der Waals surface area contributed by atoms with Crippen molar-refractivity contribution < 1.29 is 0 Å². The van der Waals surface area contributed by atoms with Gasteiger partial charge in [0.05, 0.1) is 32.9 Å². The van der Waals surface area contributed by atoms with Crippen molar-refractivity contribution in [3.05, 3.63) is 541 Å². The van der Waals surface area contributed by atoms with Crippen LogP contribution in [-0.2, 0) is 10.8 Å². The van der Waals surface area contributed by atoms with E-state index in [4.69, 9.17) is 0 Å². The summed E-state index contributed by atoms with van der Waals surface area (Å²) in [6, 6.07) is 179. The van der Waals surface area contributed by atoms with Crippen LogP contribution in [-0.4, -0.2) is 9.13 Å². The van der Waals surface area contributed by atoms with Gasteiger partial charge in [-0.15, -0.1) is 0 Å². The number of nitrogens with zero attached hydrogens (tertiary/aromatic N) is 4. The molecule has 0 saturated heterocycles. The minimum atomic E-state index is -0.593. The molecule has 2 heterocycles. The monoisotopic (exact) mass is 1630 g/mol. The minimum absolute atomic E-state index is 0.519. The molecule has 3 aliphatic rings. The molecule has 128 heavy (non-hydrogen) atoms. The van der Waals surface area contributed by atoms with Crippen molar-refractivity contribution in [3.8, 4) is 89.3 Å². The Kier molecular flexibility index (Phi) is 18.1. The molecular weight excluding hydrogens is 1550 g/mol. The van der Waals surface area contributed by atoms with Crippen LogP contribution in [0.4, 0.5) is 34.1 Å². The van der Waals surface area contributed by atoms with E-state index in [0.717, 1.165) is 34.1 Å². The second-order valence-electron chi connectivity index (χ2n) is 34.3. The molecule has 4 heteroatoms. The van der Waals surface area contributed by atoms with E-state index in [1.54, 1.807) is 0 Å². The molecule has 20 aromatic carbocycles. The van der Waals surface area contributed by atoms with Crippen LogP contribution in [0.25, 0.3) is 133 Å². The van der Waals surface area contributed by atoms with Gasteiger partial charge in [-0.25, -0.2) is 0 Å². The number of hydrogen-bond donors (Lipinski definition) is 0. The van der Waals surface area contributed by atoms with Crippen LogP contribution in [0.5, 0.6) is 0 Å². The number of aromatic nitrogens is 2. The Morgan fingerprint density at radius 3 is 0.859 bits per heavy atom. The van der Waals surface area contributed by atoms with Gasteiger partial charge in [-0.3, -0.25) is 0 Å². The SMILES string of the molecule is Cc1ccc(-n2c3ccccc3c3cc(-c4ccc5c(c4)C(c4ccccc4)(c4ccccc4)c4cc(N(c6ccccc6)c6ccc(-c7ccccc7)cc6)ccc4-5)ccc32)cc1.Cc1ccc(-n2c3ccccc3c3cc(-c4ccc5c(c4)C4(c6ccccc6-c6ccccc64)c4cc(N(c6ccccc6)c6ccc(-c7ccccc7)cc6)ccc4-5)ccc32)cc1. The van der Waals surface area contributed by atoms with Gasteiger partial charge in [0, 0.05) is 67.0 Å². The smallest absolute Gasteiger partial charge is 0.0726 e. The Morgan fingerprint density at radius 2 is 0.445 bits per heavy atom. The summed E-state index contributed by atoms with van der Waals surface area (Å²) in [5.41, 5.74) is 42.9. The zero-order chi connectivity index (χ0) is 85.0. The summed E-state index contributed by atoms with van der Waals surface area (Å²) in [5, 5.41) is 5.01. The van der Waals surface area contributed by atoms with Gasteiger partial charge in [0.2, 0.25) is 0 Å². The highest BCUT2D eigenvalue weighted by Gasteiger charge is 2.52. The van der Waals surface area contributed by atoms with E-state index >= 15 is 0 Å². The first kappa shape index (κ1) is 75.4. The van der Waals surface area contributed by atoms with Crippen LogP contribution in [0, 0.1) is 13.8 Å². The van der Waals surface area contributed by atoms with E-state index < -0.39 is 10.8 Å². The third-order valence-electron chi connectivity index (χ3n) is 27.2. The predicted molar refractivity (Wildman–Crippen MR) is 536 cm³/mol. The van der Waals surface area contributed by atoms with Crippen LogP contribution >= 0.6 is 0 Å². The summed E-state index contributed by atoms with van der Waals surface area (Å²) in [5.74, 6) is 0. The quantitative estimate of drug-likeness (QED) is 0.108. The van der Waals surface area contributed by atoms with Crippen LogP contribution in [0.2, 0.25) is 0 Å². The summed E-state index contributed by atoms with van der Waals surface area (Å²) in [6.45, 7) is 4.29. The third-order valence-corrected chi connectivity index (χ3v) is 27.2. The van der Waals surface area contributed by atoms with E-state index in [1.807, 2.05) is 0 Å². The molecule has 22 aromatic rings. The number of anilines is 6. The van der Waals surface area contributed by atoms with Crippen molar-refractivity contribution in [2.24, 2.45) is 0 Å². The van der Waals surface area contributed by atoms with Crippen molar-refractivity contribution in [2.75, 3.05) is 9.80 Å². The maximum absolute atomic E-state index is 2.51. The summed E-state index contributed by atoms with van der Waals surface area (Å²) < 4.78 is 4.81. The van der Waals surface area contributed by atoms with Crippen molar-refractivity contribution in [3.63, 3.8) is 0 Å². The molecule has 4 nitrogen and oxygen atoms in total. The fourth-order valence-electron chi connectivity index (χ4n) is 21.4. The van der Waals surface area contributed by atoms with Gasteiger partial charge in [0.15, 0.2) is 0 Å². The Bertz CT molecular complexity index is 7540. The highest BCUT2D eigenvalue weighted by Crippen LogP contribution is 2.65. The van der Waals surface area contributed by atoms with Gasteiger partial charge in [-0.2, -0.15) is 0 Å². The minimum Gasteiger partial charge on any atom is -0.310 e. The topological polar surface area (TPSA) is 16.3 Å². The number of rotatable bonds is 14. The Hall–Kier alpha value is -16.4. The normalized spacial score (nSPS) is 12.7. The Labute approximate surface area is 746 Å². The van der Waals surface area contributed by atoms with Crippen LogP contribution in [0.3, 0.4) is 0 Å². The van der Waals surface area contributed by atoms with E-state index in [-0.39, 0.29) is 0 Å². The molecule has 0 bridgehead atoms. The zero-order valence-electron chi connectivity index (χ0n) is 71.0. The molecule has 25 rings (SSSR count). The van der Waals surface area contributed by atoms with E-state index in [1.165, 1.54) is 189 Å². The van der Waals surface area contributed by atoms with Crippen molar-refractivity contribution >= 4 is 77.7 Å². The first-order valence-electron chi connectivity index (χ1n) is 44.4. The van der Waals surface area contributed by atoms with Gasteiger partial charge >= 0.3 is 0 Å². The maximum Gasteiger partial charge on any atom is 0.0726 e. The molecule has 0 N–H and O–H groups in total. The molecule has 0 aliphatic heterocycles. The van der Waals surface area contributed by atoms with Gasteiger partial charge in [0.1, 0.15) is 0 Å². The summed E-state index contributed by atoms with van der Waals surface area (Å²) >= 11 is 0. The average Bonchev–Trinajstić information content (AvgIpc) is 1.51. The molecule has 0 radical (unpaired) electrons. The summed E-state index contributed by atoms with van der Waals surface area (Å²) in [4.78, 5) is 4.80. The van der Waals surface area contributed by atoms with Gasteiger partial charge in [-0.05, 0) is 282 Å². The van der Waals surface area contributed by atoms with Crippen LogP contribution in [0.15, 0.2) is 485 Å². The fraction of sp³-hybridized carbons (Fsp3) is 0.0323. The van der Waals surface area contributed by atoms with E-state index in [9.17, 15) is 0 Å². The summed E-state index contributed by atoms with van der Waals surface area (Å²) in [6.07, 6.45) is 0. The largest absolute Gasteiger partial charge is 0.310 e. The fourth-order valence-corrected chi connectivity index (χ4v) is 21.4. The molecule has 0 unspecified atom stereocenters. The van der Waals surface area contributed by atoms with Gasteiger partial charge in [-0.1, -0.05) is 351 Å². The van der Waals surface area contributed by atoms with Gasteiger partial charge in [0.25, 0.3) is 0 Å². The number of hydrogen-bond acceptors (Lipinski definition) is 2. The van der Waals surface area contributed by atoms with E-state index in [2.05, 4.69) is 518 Å². The molecule has 0 atom stereocenters. The van der Waals surface area contributed by atoms with Crippen LogP contribution < -0.4 is 9.80 Å². The number of aryl methyl sites for hydroxylation is 2. The molecular formula is C124H86N4. The highest BCUT2D eigenvalue weighted by atomic mass is 15.1. The zero-order valence-corrected chi connectivity index (χ0v) is 71.0. The molecule has 602 valence electrons. The average molecular weight is 1630 g/mol. The van der Waals surface area contributed by atoms with E-state index in [0.29, 0.717) is 0 Å². The molecule has 0 fully saturated rings. The molecule has 2 aromatic heterocycles. The number of para-hydroxylation sites is 4. The Balaban J connectivity index is 0.000000143. The first-order valence-corrected chi connectivity index (χ1v) is 44.4. The first-order chi connectivity index (χ1) is 63.3. The summed E-state index contributed by atoms with van der Waals surface area (Å²) in [7, 11) is 0. The lowest BCUT2D eigenvalue weighted by Gasteiger charge is -2.35. The Morgan fingerprint density at radius 1 is 0.172 bits per heavy atom. The predicted octanol–water partition coefficient (Wildman–Crippen LogP) is 32.5. The molecule has 1 spiro atoms. The third kappa shape index (κ3) is 12.2. The van der Waals surface area contributed by atoms with Crippen molar-refractivity contribution in [1.29, 1.82) is 0 Å².